The molecule has 3 amide bonds. The summed E-state index contributed by atoms with van der Waals surface area (Å²) in [7, 11) is 0. The number of urea groups is 1. The highest BCUT2D eigenvalue weighted by Gasteiger charge is 2.35. The van der Waals surface area contributed by atoms with Crippen molar-refractivity contribution in [1.29, 1.82) is 0 Å². The third-order valence-corrected chi connectivity index (χ3v) is 5.27. The third-order valence-electron chi connectivity index (χ3n) is 5.27. The Hall–Kier alpha value is -1.79. The molecule has 0 spiro atoms. The SMILES string of the molecule is CCN(CC)C(=O)N1CCN(C(=O)C2CCCC(C(=O)O)C2)CC1. The molecular formula is C17H29N3O4. The van der Waals surface area contributed by atoms with Crippen LogP contribution in [0, 0.1) is 11.8 Å². The van der Waals surface area contributed by atoms with Crippen LogP contribution in [0.15, 0.2) is 0 Å². The van der Waals surface area contributed by atoms with Crippen LogP contribution < -0.4 is 0 Å². The Morgan fingerprint density at radius 1 is 0.958 bits per heavy atom. The lowest BCUT2D eigenvalue weighted by molar-refractivity contribution is -0.146. The maximum atomic E-state index is 12.7. The van der Waals surface area contributed by atoms with E-state index in [-0.39, 0.29) is 17.9 Å². The molecule has 1 aliphatic heterocycles. The molecule has 1 N–H and O–H groups in total. The summed E-state index contributed by atoms with van der Waals surface area (Å²) >= 11 is 0. The first-order valence-electron chi connectivity index (χ1n) is 9.03. The maximum absolute atomic E-state index is 12.7. The molecule has 0 radical (unpaired) electrons. The van der Waals surface area contributed by atoms with Gasteiger partial charge in [-0.2, -0.15) is 0 Å². The van der Waals surface area contributed by atoms with Crippen LogP contribution in [0.1, 0.15) is 39.5 Å². The van der Waals surface area contributed by atoms with Crippen LogP contribution in [0.4, 0.5) is 4.79 Å². The molecule has 0 aromatic heterocycles. The van der Waals surface area contributed by atoms with Crippen molar-refractivity contribution >= 4 is 17.9 Å². The molecule has 1 saturated carbocycles. The molecular weight excluding hydrogens is 310 g/mol. The van der Waals surface area contributed by atoms with E-state index >= 15 is 0 Å². The monoisotopic (exact) mass is 339 g/mol. The fourth-order valence-electron chi connectivity index (χ4n) is 3.71. The Morgan fingerprint density at radius 3 is 2.04 bits per heavy atom. The smallest absolute Gasteiger partial charge is 0.320 e. The largest absolute Gasteiger partial charge is 0.481 e. The predicted octanol–water partition coefficient (Wildman–Crippen LogP) is 1.48. The van der Waals surface area contributed by atoms with Gasteiger partial charge < -0.3 is 19.8 Å². The summed E-state index contributed by atoms with van der Waals surface area (Å²) in [4.78, 5) is 41.6. The van der Waals surface area contributed by atoms with Gasteiger partial charge in [-0.25, -0.2) is 4.79 Å². The van der Waals surface area contributed by atoms with Gasteiger partial charge in [0.1, 0.15) is 0 Å². The zero-order valence-corrected chi connectivity index (χ0v) is 14.7. The Bertz CT molecular complexity index is 470. The Kier molecular flexibility index (Phi) is 6.45. The van der Waals surface area contributed by atoms with E-state index in [4.69, 9.17) is 5.11 Å². The van der Waals surface area contributed by atoms with Gasteiger partial charge in [-0.05, 0) is 33.1 Å². The second-order valence-corrected chi connectivity index (χ2v) is 6.67. The van der Waals surface area contributed by atoms with Crippen LogP contribution in [0.5, 0.6) is 0 Å². The van der Waals surface area contributed by atoms with E-state index in [9.17, 15) is 14.4 Å². The molecule has 136 valence electrons. The topological polar surface area (TPSA) is 81.2 Å². The minimum atomic E-state index is -0.790. The van der Waals surface area contributed by atoms with E-state index in [1.807, 2.05) is 13.8 Å². The second kappa shape index (κ2) is 8.35. The zero-order chi connectivity index (χ0) is 17.7. The summed E-state index contributed by atoms with van der Waals surface area (Å²) in [5, 5.41) is 9.17. The van der Waals surface area contributed by atoms with Crippen molar-refractivity contribution in [3.05, 3.63) is 0 Å². The van der Waals surface area contributed by atoms with Gasteiger partial charge in [-0.15, -0.1) is 0 Å². The van der Waals surface area contributed by atoms with Gasteiger partial charge in [-0.1, -0.05) is 6.42 Å². The van der Waals surface area contributed by atoms with Gasteiger partial charge in [0.25, 0.3) is 0 Å². The lowest BCUT2D eigenvalue weighted by Gasteiger charge is -2.39. The van der Waals surface area contributed by atoms with E-state index < -0.39 is 11.9 Å². The van der Waals surface area contributed by atoms with Crippen molar-refractivity contribution in [2.24, 2.45) is 11.8 Å². The molecule has 0 bridgehead atoms. The molecule has 2 unspecified atom stereocenters. The molecule has 7 nitrogen and oxygen atoms in total. The highest BCUT2D eigenvalue weighted by Crippen LogP contribution is 2.30. The summed E-state index contributed by atoms with van der Waals surface area (Å²) in [6.45, 7) is 7.49. The number of carboxylic acid groups (broad SMARTS) is 1. The first-order valence-corrected chi connectivity index (χ1v) is 9.03. The van der Waals surface area contributed by atoms with E-state index in [1.54, 1.807) is 14.7 Å². The second-order valence-electron chi connectivity index (χ2n) is 6.67. The molecule has 2 rings (SSSR count). The number of hydrogen-bond donors (Lipinski definition) is 1. The molecule has 1 saturated heterocycles. The van der Waals surface area contributed by atoms with Crippen molar-refractivity contribution in [1.82, 2.24) is 14.7 Å². The standard InChI is InChI=1S/C17H29N3O4/c1-3-18(4-2)17(24)20-10-8-19(9-11-20)15(21)13-6-5-7-14(12-13)16(22)23/h13-14H,3-12H2,1-2H3,(H,22,23). The van der Waals surface area contributed by atoms with E-state index in [1.165, 1.54) is 0 Å². The fraction of sp³-hybridized carbons (Fsp3) is 0.824. The van der Waals surface area contributed by atoms with Crippen LogP contribution in [0.25, 0.3) is 0 Å². The lowest BCUT2D eigenvalue weighted by atomic mass is 9.80. The number of piperazine rings is 1. The van der Waals surface area contributed by atoms with Crippen LogP contribution in [0.3, 0.4) is 0 Å². The average molecular weight is 339 g/mol. The summed E-state index contributed by atoms with van der Waals surface area (Å²) in [5.74, 6) is -1.29. The highest BCUT2D eigenvalue weighted by molar-refractivity contribution is 5.81. The third kappa shape index (κ3) is 4.19. The summed E-state index contributed by atoms with van der Waals surface area (Å²) in [6.07, 6.45) is 2.70. The fourth-order valence-corrected chi connectivity index (χ4v) is 3.71. The van der Waals surface area contributed by atoms with Crippen LogP contribution in [-0.4, -0.2) is 77.0 Å². The minimum Gasteiger partial charge on any atom is -0.481 e. The molecule has 0 aromatic carbocycles. The predicted molar refractivity (Wildman–Crippen MR) is 89.6 cm³/mol. The molecule has 1 heterocycles. The number of nitrogens with zero attached hydrogens (tertiary/aromatic N) is 3. The number of carbonyl (C=O) groups is 3. The number of hydrogen-bond acceptors (Lipinski definition) is 3. The quantitative estimate of drug-likeness (QED) is 0.841. The first-order chi connectivity index (χ1) is 11.5. The number of carboxylic acids is 1. The Morgan fingerprint density at radius 2 is 1.50 bits per heavy atom. The van der Waals surface area contributed by atoms with E-state index in [0.29, 0.717) is 52.1 Å². The van der Waals surface area contributed by atoms with Crippen molar-refractivity contribution in [2.45, 2.75) is 39.5 Å². The van der Waals surface area contributed by atoms with Crippen LogP contribution in [0.2, 0.25) is 0 Å². The molecule has 0 aromatic rings. The summed E-state index contributed by atoms with van der Waals surface area (Å²) in [6, 6.07) is 0.0377. The van der Waals surface area contributed by atoms with Gasteiger partial charge in [0.15, 0.2) is 0 Å². The maximum Gasteiger partial charge on any atom is 0.320 e. The normalized spacial score (nSPS) is 24.6. The molecule has 1 aliphatic carbocycles. The number of rotatable bonds is 4. The Labute approximate surface area is 143 Å². The lowest BCUT2D eigenvalue weighted by Crippen LogP contribution is -2.55. The van der Waals surface area contributed by atoms with Gasteiger partial charge in [0.2, 0.25) is 5.91 Å². The van der Waals surface area contributed by atoms with Gasteiger partial charge in [-0.3, -0.25) is 9.59 Å². The van der Waals surface area contributed by atoms with Crippen molar-refractivity contribution < 1.29 is 19.5 Å². The minimum absolute atomic E-state index is 0.0377. The molecule has 2 aliphatic rings. The van der Waals surface area contributed by atoms with Gasteiger partial charge in [0.05, 0.1) is 5.92 Å². The first kappa shape index (κ1) is 18.5. The zero-order valence-electron chi connectivity index (χ0n) is 14.7. The molecule has 2 atom stereocenters. The summed E-state index contributed by atoms with van der Waals surface area (Å²) < 4.78 is 0. The van der Waals surface area contributed by atoms with Crippen molar-refractivity contribution in [2.75, 3.05) is 39.3 Å². The molecule has 2 fully saturated rings. The van der Waals surface area contributed by atoms with Gasteiger partial charge in [0, 0.05) is 45.2 Å². The number of amides is 3. The molecule has 7 heteroatoms. The average Bonchev–Trinajstić information content (AvgIpc) is 2.62. The number of aliphatic carboxylic acids is 1. The van der Waals surface area contributed by atoms with E-state index in [2.05, 4.69) is 0 Å². The van der Waals surface area contributed by atoms with Crippen molar-refractivity contribution in [3.8, 4) is 0 Å². The summed E-state index contributed by atoms with van der Waals surface area (Å²) in [5.41, 5.74) is 0. The van der Waals surface area contributed by atoms with Crippen LogP contribution >= 0.6 is 0 Å². The number of carbonyl (C=O) groups excluding carboxylic acids is 2. The van der Waals surface area contributed by atoms with Gasteiger partial charge >= 0.3 is 12.0 Å². The van der Waals surface area contributed by atoms with Crippen LogP contribution in [-0.2, 0) is 9.59 Å². The molecule has 24 heavy (non-hydrogen) atoms. The Balaban J connectivity index is 1.86. The van der Waals surface area contributed by atoms with Crippen molar-refractivity contribution in [3.63, 3.8) is 0 Å². The van der Waals surface area contributed by atoms with E-state index in [0.717, 1.165) is 12.8 Å². The highest BCUT2D eigenvalue weighted by atomic mass is 16.4.